The molecular formula is C18H15ClN6O2. The van der Waals surface area contributed by atoms with Crippen molar-refractivity contribution in [2.75, 3.05) is 16.8 Å². The third-order valence-electron chi connectivity index (χ3n) is 4.31. The second-order valence-electron chi connectivity index (χ2n) is 6.07. The lowest BCUT2D eigenvalue weighted by Crippen LogP contribution is -2.23. The summed E-state index contributed by atoms with van der Waals surface area (Å²) in [4.78, 5) is 26.3. The average Bonchev–Trinajstić information content (AvgIpc) is 3.34. The molecule has 1 N–H and O–H groups in total. The lowest BCUT2D eigenvalue weighted by atomic mass is 10.1. The molecule has 1 aromatic heterocycles. The average molecular weight is 383 g/mol. The minimum Gasteiger partial charge on any atom is -0.322 e. The van der Waals surface area contributed by atoms with Gasteiger partial charge >= 0.3 is 0 Å². The van der Waals surface area contributed by atoms with Gasteiger partial charge in [-0.3, -0.25) is 9.59 Å². The lowest BCUT2D eigenvalue weighted by Gasteiger charge is -2.16. The van der Waals surface area contributed by atoms with Crippen molar-refractivity contribution in [1.82, 2.24) is 20.2 Å². The van der Waals surface area contributed by atoms with Crippen molar-refractivity contribution in [3.05, 3.63) is 59.4 Å². The van der Waals surface area contributed by atoms with E-state index in [9.17, 15) is 9.59 Å². The molecular weight excluding hydrogens is 368 g/mol. The molecule has 1 saturated heterocycles. The van der Waals surface area contributed by atoms with Gasteiger partial charge in [-0.1, -0.05) is 11.6 Å². The van der Waals surface area contributed by atoms with Crippen molar-refractivity contribution < 1.29 is 9.59 Å². The summed E-state index contributed by atoms with van der Waals surface area (Å²) in [6, 6.07) is 12.1. The number of amides is 2. The highest BCUT2D eigenvalue weighted by atomic mass is 35.5. The molecule has 0 bridgehead atoms. The fourth-order valence-corrected chi connectivity index (χ4v) is 3.18. The highest BCUT2D eigenvalue weighted by Crippen LogP contribution is 2.24. The number of halogens is 1. The number of rotatable bonds is 4. The number of carbonyl (C=O) groups excluding carboxylic acids is 2. The molecule has 0 atom stereocenters. The molecule has 0 unspecified atom stereocenters. The van der Waals surface area contributed by atoms with E-state index in [4.69, 9.17) is 11.6 Å². The molecule has 2 aromatic carbocycles. The third kappa shape index (κ3) is 3.52. The quantitative estimate of drug-likeness (QED) is 0.748. The van der Waals surface area contributed by atoms with Crippen LogP contribution in [-0.4, -0.2) is 38.6 Å². The summed E-state index contributed by atoms with van der Waals surface area (Å²) in [5, 5.41) is 14.3. The van der Waals surface area contributed by atoms with Gasteiger partial charge in [-0.2, -0.15) is 4.68 Å². The van der Waals surface area contributed by atoms with E-state index in [0.29, 0.717) is 28.4 Å². The van der Waals surface area contributed by atoms with Crippen molar-refractivity contribution in [2.24, 2.45) is 0 Å². The van der Waals surface area contributed by atoms with Crippen LogP contribution < -0.4 is 10.2 Å². The maximum atomic E-state index is 12.8. The second kappa shape index (κ2) is 7.16. The topological polar surface area (TPSA) is 93.0 Å². The molecule has 0 saturated carbocycles. The van der Waals surface area contributed by atoms with E-state index in [1.807, 2.05) is 12.1 Å². The Hall–Kier alpha value is -3.26. The number of tetrazole rings is 1. The number of carbonyl (C=O) groups is 2. The van der Waals surface area contributed by atoms with E-state index in [1.54, 1.807) is 35.2 Å². The zero-order valence-electron chi connectivity index (χ0n) is 14.2. The molecule has 4 rings (SSSR count). The molecule has 3 aromatic rings. The van der Waals surface area contributed by atoms with E-state index in [2.05, 4.69) is 20.8 Å². The van der Waals surface area contributed by atoms with Crippen LogP contribution in [0.1, 0.15) is 23.2 Å². The number of aromatic nitrogens is 4. The first kappa shape index (κ1) is 17.2. The molecule has 2 amide bonds. The Balaban J connectivity index is 1.56. The van der Waals surface area contributed by atoms with Crippen LogP contribution in [0.25, 0.3) is 5.69 Å². The van der Waals surface area contributed by atoms with Crippen LogP contribution in [0.3, 0.4) is 0 Å². The number of benzene rings is 2. The molecule has 0 spiro atoms. The molecule has 0 radical (unpaired) electrons. The van der Waals surface area contributed by atoms with Gasteiger partial charge in [0.05, 0.1) is 11.3 Å². The van der Waals surface area contributed by atoms with Crippen molar-refractivity contribution in [3.8, 4) is 5.69 Å². The Bertz CT molecular complexity index is 988. The molecule has 1 aliphatic rings. The molecule has 0 aliphatic carbocycles. The van der Waals surface area contributed by atoms with Crippen LogP contribution in [0.2, 0.25) is 5.02 Å². The summed E-state index contributed by atoms with van der Waals surface area (Å²) >= 11 is 6.05. The Morgan fingerprint density at radius 3 is 2.63 bits per heavy atom. The molecule has 9 heteroatoms. The Kier molecular flexibility index (Phi) is 4.55. The number of hydrogen-bond acceptors (Lipinski definition) is 5. The molecule has 27 heavy (non-hydrogen) atoms. The normalized spacial score (nSPS) is 13.8. The molecule has 8 nitrogen and oxygen atoms in total. The smallest absolute Gasteiger partial charge is 0.257 e. The predicted octanol–water partition coefficient (Wildman–Crippen LogP) is 2.69. The first-order valence-electron chi connectivity index (χ1n) is 8.36. The Morgan fingerprint density at radius 1 is 1.15 bits per heavy atom. The monoisotopic (exact) mass is 382 g/mol. The van der Waals surface area contributed by atoms with Crippen molar-refractivity contribution in [3.63, 3.8) is 0 Å². The summed E-state index contributed by atoms with van der Waals surface area (Å²) in [5.74, 6) is -0.218. The highest BCUT2D eigenvalue weighted by molar-refractivity contribution is 6.31. The maximum Gasteiger partial charge on any atom is 0.257 e. The van der Waals surface area contributed by atoms with E-state index in [-0.39, 0.29) is 11.8 Å². The third-order valence-corrected chi connectivity index (χ3v) is 4.54. The maximum absolute atomic E-state index is 12.8. The van der Waals surface area contributed by atoms with E-state index < -0.39 is 0 Å². The predicted molar refractivity (Wildman–Crippen MR) is 100 cm³/mol. The minimum absolute atomic E-state index is 0.122. The fourth-order valence-electron chi connectivity index (χ4n) is 3.01. The molecule has 2 heterocycles. The van der Waals surface area contributed by atoms with Crippen LogP contribution in [0, 0.1) is 0 Å². The summed E-state index contributed by atoms with van der Waals surface area (Å²) in [5.41, 5.74) is 2.29. The van der Waals surface area contributed by atoms with Gasteiger partial charge in [-0.25, -0.2) is 0 Å². The fraction of sp³-hybridized carbons (Fsp3) is 0.167. The van der Waals surface area contributed by atoms with E-state index in [1.165, 1.54) is 11.0 Å². The molecule has 136 valence electrons. The van der Waals surface area contributed by atoms with Crippen LogP contribution in [0.15, 0.2) is 48.8 Å². The van der Waals surface area contributed by atoms with Crippen LogP contribution in [0.5, 0.6) is 0 Å². The van der Waals surface area contributed by atoms with Gasteiger partial charge in [0.25, 0.3) is 5.91 Å². The van der Waals surface area contributed by atoms with Crippen molar-refractivity contribution in [2.45, 2.75) is 12.8 Å². The SMILES string of the molecule is O=C(Nc1ccc(N2CCCC2=O)cc1)c1cc(Cl)ccc1-n1cnnn1. The largest absolute Gasteiger partial charge is 0.322 e. The molecule has 1 aliphatic heterocycles. The number of anilines is 2. The van der Waals surface area contributed by atoms with Gasteiger partial charge in [0.15, 0.2) is 0 Å². The first-order chi connectivity index (χ1) is 13.1. The Morgan fingerprint density at radius 2 is 1.96 bits per heavy atom. The number of nitrogens with one attached hydrogen (secondary N) is 1. The first-order valence-corrected chi connectivity index (χ1v) is 8.74. The van der Waals surface area contributed by atoms with E-state index in [0.717, 1.165) is 18.7 Å². The minimum atomic E-state index is -0.340. The summed E-state index contributed by atoms with van der Waals surface area (Å²) in [6.45, 7) is 0.725. The second-order valence-corrected chi connectivity index (χ2v) is 6.50. The van der Waals surface area contributed by atoms with Gasteiger partial charge in [-0.05, 0) is 59.3 Å². The van der Waals surface area contributed by atoms with Gasteiger partial charge in [0.1, 0.15) is 6.33 Å². The zero-order valence-corrected chi connectivity index (χ0v) is 14.9. The molecule has 1 fully saturated rings. The Labute approximate surface area is 159 Å². The van der Waals surface area contributed by atoms with Crippen LogP contribution in [-0.2, 0) is 4.79 Å². The number of hydrogen-bond donors (Lipinski definition) is 1. The van der Waals surface area contributed by atoms with Gasteiger partial charge < -0.3 is 10.2 Å². The zero-order chi connectivity index (χ0) is 18.8. The summed E-state index contributed by atoms with van der Waals surface area (Å²) in [7, 11) is 0. The van der Waals surface area contributed by atoms with Crippen molar-refractivity contribution >= 4 is 34.8 Å². The van der Waals surface area contributed by atoms with Gasteiger partial charge in [0.2, 0.25) is 5.91 Å². The summed E-state index contributed by atoms with van der Waals surface area (Å²) < 4.78 is 1.40. The van der Waals surface area contributed by atoms with Gasteiger partial charge in [0, 0.05) is 29.4 Å². The standard InChI is InChI=1S/C18H15ClN6O2/c19-12-3-8-16(25-11-20-22-23-25)15(10-12)18(27)21-13-4-6-14(7-5-13)24-9-1-2-17(24)26/h3-8,10-11H,1-2,9H2,(H,21,27). The highest BCUT2D eigenvalue weighted by Gasteiger charge is 2.21. The summed E-state index contributed by atoms with van der Waals surface area (Å²) in [6.07, 6.45) is 2.85. The van der Waals surface area contributed by atoms with E-state index >= 15 is 0 Å². The number of nitrogens with zero attached hydrogens (tertiary/aromatic N) is 5. The van der Waals surface area contributed by atoms with Crippen molar-refractivity contribution in [1.29, 1.82) is 0 Å². The lowest BCUT2D eigenvalue weighted by molar-refractivity contribution is -0.117. The van der Waals surface area contributed by atoms with Crippen LogP contribution >= 0.6 is 11.6 Å². The van der Waals surface area contributed by atoms with Crippen LogP contribution in [0.4, 0.5) is 11.4 Å². The van der Waals surface area contributed by atoms with Gasteiger partial charge in [-0.15, -0.1) is 5.10 Å².